The molecule has 11 N–H and O–H groups in total. The van der Waals surface area contributed by atoms with Crippen LogP contribution in [-0.4, -0.2) is 105 Å². The number of rotatable bonds is 25. The van der Waals surface area contributed by atoms with Gasteiger partial charge in [-0.15, -0.1) is 0 Å². The predicted molar refractivity (Wildman–Crippen MR) is 263 cm³/mol. The molecule has 0 aliphatic heterocycles. The van der Waals surface area contributed by atoms with Crippen molar-refractivity contribution in [1.82, 2.24) is 36.9 Å². The number of aromatic nitrogens is 1. The van der Waals surface area contributed by atoms with E-state index in [1.807, 2.05) is 86.6 Å². The van der Waals surface area contributed by atoms with E-state index in [2.05, 4.69) is 36.9 Å². The molecule has 1 heterocycles. The van der Waals surface area contributed by atoms with Crippen molar-refractivity contribution in [1.29, 1.82) is 0 Å². The fourth-order valence-electron chi connectivity index (χ4n) is 9.04. The molecule has 3 aromatic carbocycles. The number of nitrogens with two attached hydrogens (primary N) is 1. The summed E-state index contributed by atoms with van der Waals surface area (Å²) in [5, 5.41) is 37.0. The van der Waals surface area contributed by atoms with Crippen LogP contribution in [0.15, 0.2) is 79.0 Å². The highest BCUT2D eigenvalue weighted by atomic mass is 16.4. The van der Waals surface area contributed by atoms with Crippen LogP contribution in [0.3, 0.4) is 0 Å². The lowest BCUT2D eigenvalue weighted by molar-refractivity contribution is -0.142. The molecule has 0 bridgehead atoms. The minimum absolute atomic E-state index is 0.0136. The second kappa shape index (κ2) is 25.5. The lowest BCUT2D eigenvalue weighted by atomic mass is 9.82. The largest absolute Gasteiger partial charge is 0.481 e. The second-order valence-electron chi connectivity index (χ2n) is 18.6. The highest BCUT2D eigenvalue weighted by molar-refractivity contribution is 5.98. The fourth-order valence-corrected chi connectivity index (χ4v) is 9.04. The van der Waals surface area contributed by atoms with Gasteiger partial charge in [0, 0.05) is 36.4 Å². The Kier molecular flexibility index (Phi) is 19.6. The summed E-state index contributed by atoms with van der Waals surface area (Å²) in [6.07, 6.45) is 3.40. The minimum atomic E-state index is -1.73. The van der Waals surface area contributed by atoms with Crippen molar-refractivity contribution in [2.75, 3.05) is 6.54 Å². The number of unbranched alkanes of at least 4 members (excludes halogenated alkanes) is 1. The first-order chi connectivity index (χ1) is 33.4. The number of nitrogens with one attached hydrogen (secondary N) is 7. The third kappa shape index (κ3) is 14.5. The lowest BCUT2D eigenvalue weighted by Crippen LogP contribution is -2.60. The Morgan fingerprint density at radius 2 is 1.23 bits per heavy atom. The molecule has 4 aromatic rings. The number of carboxylic acid groups (broad SMARTS) is 2. The molecule has 18 heteroatoms. The zero-order valence-corrected chi connectivity index (χ0v) is 40.5. The molecular formula is C52H68N8O10. The molecule has 1 aliphatic rings. The van der Waals surface area contributed by atoms with Crippen molar-refractivity contribution >= 4 is 58.3 Å². The van der Waals surface area contributed by atoms with Crippen molar-refractivity contribution < 1.29 is 48.6 Å². The molecule has 0 saturated carbocycles. The summed E-state index contributed by atoms with van der Waals surface area (Å²) < 4.78 is 0. The average molecular weight is 965 g/mol. The number of benzene rings is 3. The Labute approximate surface area is 408 Å². The van der Waals surface area contributed by atoms with E-state index in [9.17, 15) is 48.6 Å². The van der Waals surface area contributed by atoms with Gasteiger partial charge in [0.2, 0.25) is 35.4 Å². The van der Waals surface area contributed by atoms with Crippen LogP contribution >= 0.6 is 0 Å². The van der Waals surface area contributed by atoms with Crippen molar-refractivity contribution in [3.63, 3.8) is 0 Å². The smallest absolute Gasteiger partial charge is 0.326 e. The molecule has 0 unspecified atom stereocenters. The van der Waals surface area contributed by atoms with Crippen LogP contribution in [0.4, 0.5) is 0 Å². The first-order valence-corrected chi connectivity index (χ1v) is 24.1. The average Bonchev–Trinajstić information content (AvgIpc) is 3.65. The van der Waals surface area contributed by atoms with Gasteiger partial charge in [0.05, 0.1) is 6.42 Å². The highest BCUT2D eigenvalue weighted by Gasteiger charge is 2.39. The number of para-hydroxylation sites is 1. The number of carbonyl (C=O) groups is 8. The Hall–Kier alpha value is -7.08. The number of carbonyl (C=O) groups excluding carboxylic acids is 6. The fraction of sp³-hybridized carbons (Fsp3) is 0.462. The van der Waals surface area contributed by atoms with Crippen molar-refractivity contribution in [2.24, 2.45) is 17.6 Å². The number of aromatic amines is 1. The van der Waals surface area contributed by atoms with Crippen LogP contribution in [-0.2, 0) is 57.6 Å². The quantitative estimate of drug-likeness (QED) is 0.0430. The molecule has 0 fully saturated rings. The molecule has 5 rings (SSSR count). The monoisotopic (exact) mass is 965 g/mol. The maximum atomic E-state index is 14.6. The number of fused-ring (bicyclic) bond motifs is 3. The van der Waals surface area contributed by atoms with Gasteiger partial charge in [-0.1, -0.05) is 101 Å². The molecule has 0 spiro atoms. The van der Waals surface area contributed by atoms with E-state index in [0.29, 0.717) is 37.7 Å². The Bertz CT molecular complexity index is 2460. The summed E-state index contributed by atoms with van der Waals surface area (Å²) in [5.41, 5.74) is 10.9. The van der Waals surface area contributed by atoms with Crippen LogP contribution in [0.25, 0.3) is 10.9 Å². The molecule has 0 radical (unpaired) electrons. The van der Waals surface area contributed by atoms with Crippen molar-refractivity contribution in [3.8, 4) is 0 Å². The van der Waals surface area contributed by atoms with Crippen LogP contribution in [0.5, 0.6) is 0 Å². The topological polar surface area (TPSA) is 291 Å². The first kappa shape index (κ1) is 53.9. The summed E-state index contributed by atoms with van der Waals surface area (Å²) in [6.45, 7) is 8.70. The van der Waals surface area contributed by atoms with Gasteiger partial charge < -0.3 is 52.8 Å². The third-order valence-corrected chi connectivity index (χ3v) is 12.9. The third-order valence-electron chi connectivity index (χ3n) is 12.9. The minimum Gasteiger partial charge on any atom is -0.481 e. The summed E-state index contributed by atoms with van der Waals surface area (Å²) in [5.74, 6) is -8.65. The van der Waals surface area contributed by atoms with E-state index in [1.54, 1.807) is 20.0 Å². The van der Waals surface area contributed by atoms with Crippen LogP contribution < -0.4 is 37.6 Å². The van der Waals surface area contributed by atoms with Gasteiger partial charge in [0.15, 0.2) is 0 Å². The Morgan fingerprint density at radius 3 is 1.81 bits per heavy atom. The van der Waals surface area contributed by atoms with E-state index >= 15 is 0 Å². The molecule has 7 atom stereocenters. The van der Waals surface area contributed by atoms with Gasteiger partial charge in [-0.25, -0.2) is 4.79 Å². The maximum absolute atomic E-state index is 14.6. The van der Waals surface area contributed by atoms with Gasteiger partial charge >= 0.3 is 11.9 Å². The number of aliphatic carboxylic acids is 2. The standard InChI is InChI=1S/C52H68N8O10/c1-6-30(4)45(50(67)59-42(52(69)70)26-34-28-54-38-20-12-11-17-35(34)38)60-47(64)39(21-13-14-24-53)56-49(66)41(27-43(62)63)57-48(65)40(25-29(2)3)58-51(68)46(55-31(5)61)44-36-18-9-7-15-32(36)22-23-33-16-8-10-19-37(33)44/h7-12,15-20,28-30,39-42,44-46,54H,6,13-14,21-27,53H2,1-5H3,(H,55,61)(H,56,66)(H,57,65)(H,58,68)(H,59,67)(H,60,64)(H,62,63)(H,69,70)/t30-,39-,40-,41-,42-,45-,46+/m0/s1. The number of carboxylic acids is 2. The van der Waals surface area contributed by atoms with E-state index < -0.39 is 102 Å². The highest BCUT2D eigenvalue weighted by Crippen LogP contribution is 2.37. The molecule has 1 aromatic heterocycles. The van der Waals surface area contributed by atoms with Gasteiger partial charge in [0.1, 0.15) is 36.3 Å². The molecule has 0 saturated heterocycles. The van der Waals surface area contributed by atoms with E-state index in [-0.39, 0.29) is 31.7 Å². The zero-order chi connectivity index (χ0) is 51.1. The van der Waals surface area contributed by atoms with E-state index in [4.69, 9.17) is 5.73 Å². The number of hydrogen-bond acceptors (Lipinski definition) is 9. The van der Waals surface area contributed by atoms with Crippen LogP contribution in [0.1, 0.15) is 107 Å². The van der Waals surface area contributed by atoms with Crippen LogP contribution in [0, 0.1) is 11.8 Å². The van der Waals surface area contributed by atoms with E-state index in [0.717, 1.165) is 33.2 Å². The number of aryl methyl sites for hydroxylation is 2. The normalized spacial score (nSPS) is 15.3. The van der Waals surface area contributed by atoms with Gasteiger partial charge in [0.25, 0.3) is 0 Å². The van der Waals surface area contributed by atoms with E-state index in [1.165, 1.54) is 6.92 Å². The Balaban J connectivity index is 1.36. The maximum Gasteiger partial charge on any atom is 0.326 e. The molecule has 70 heavy (non-hydrogen) atoms. The molecule has 376 valence electrons. The second-order valence-corrected chi connectivity index (χ2v) is 18.6. The number of amides is 6. The van der Waals surface area contributed by atoms with Crippen LogP contribution in [0.2, 0.25) is 0 Å². The molecule has 18 nitrogen and oxygen atoms in total. The number of H-pyrrole nitrogens is 1. The molecule has 6 amide bonds. The van der Waals surface area contributed by atoms with Gasteiger partial charge in [-0.05, 0) is 90.8 Å². The SMILES string of the molecule is CC[C@H](C)[C@H](NC(=O)[C@H](CCCCN)NC(=O)[C@H](CC(=O)O)NC(=O)[C@H](CC(C)C)NC(=O)[C@H](NC(C)=O)C1c2ccccc2CCc2ccccc21)C(=O)N[C@@H](Cc1c[nH]c2ccccc12)C(=O)O. The number of hydrogen-bond donors (Lipinski definition) is 10. The summed E-state index contributed by atoms with van der Waals surface area (Å²) in [7, 11) is 0. The lowest BCUT2D eigenvalue weighted by Gasteiger charge is -2.31. The molecule has 1 aliphatic carbocycles. The van der Waals surface area contributed by atoms with Gasteiger partial charge in [-0.3, -0.25) is 33.6 Å². The summed E-state index contributed by atoms with van der Waals surface area (Å²) in [4.78, 5) is 112. The van der Waals surface area contributed by atoms with Crippen molar-refractivity contribution in [2.45, 2.75) is 135 Å². The van der Waals surface area contributed by atoms with Gasteiger partial charge in [-0.2, -0.15) is 0 Å². The molecular weight excluding hydrogens is 897 g/mol. The Morgan fingerprint density at radius 1 is 0.671 bits per heavy atom. The summed E-state index contributed by atoms with van der Waals surface area (Å²) in [6, 6.07) is 14.5. The predicted octanol–water partition coefficient (Wildman–Crippen LogP) is 3.35. The first-order valence-electron chi connectivity index (χ1n) is 24.1. The summed E-state index contributed by atoms with van der Waals surface area (Å²) >= 11 is 0. The van der Waals surface area contributed by atoms with Crippen molar-refractivity contribution in [3.05, 3.63) is 107 Å². The zero-order valence-electron chi connectivity index (χ0n) is 40.5.